The highest BCUT2D eigenvalue weighted by atomic mass is 16.6. The number of amides is 1. The van der Waals surface area contributed by atoms with Crippen molar-refractivity contribution in [1.29, 1.82) is 0 Å². The Morgan fingerprint density at radius 2 is 1.73 bits per heavy atom. The van der Waals surface area contributed by atoms with Gasteiger partial charge in [-0.1, -0.05) is 0 Å². The van der Waals surface area contributed by atoms with E-state index in [0.29, 0.717) is 25.2 Å². The minimum absolute atomic E-state index is 0.126. The molecule has 0 aromatic rings. The van der Waals surface area contributed by atoms with Crippen LogP contribution in [0.2, 0.25) is 0 Å². The van der Waals surface area contributed by atoms with Crippen LogP contribution in [0.5, 0.6) is 0 Å². The van der Waals surface area contributed by atoms with E-state index < -0.39 is 5.60 Å². The Kier molecular flexibility index (Phi) is 5.77. The van der Waals surface area contributed by atoms with Crippen LogP contribution < -0.4 is 0 Å². The van der Waals surface area contributed by atoms with Gasteiger partial charge in [0.25, 0.3) is 0 Å². The molecular weight excluding hydrogens is 334 g/mol. The number of carbonyl (C=O) groups excluding carboxylic acids is 2. The minimum atomic E-state index is -0.440. The van der Waals surface area contributed by atoms with E-state index in [4.69, 9.17) is 9.47 Å². The molecule has 2 bridgehead atoms. The first-order valence-electron chi connectivity index (χ1n) is 9.90. The van der Waals surface area contributed by atoms with Crippen LogP contribution in [0, 0.1) is 0 Å². The smallest absolute Gasteiger partial charge is 0.410 e. The van der Waals surface area contributed by atoms with Gasteiger partial charge in [-0.2, -0.15) is 0 Å². The first-order chi connectivity index (χ1) is 12.3. The molecule has 3 saturated heterocycles. The predicted molar refractivity (Wildman–Crippen MR) is 97.9 cm³/mol. The molecule has 0 aromatic heterocycles. The summed E-state index contributed by atoms with van der Waals surface area (Å²) in [5, 5.41) is 0. The fraction of sp³-hybridized carbons (Fsp3) is 0.895. The maximum Gasteiger partial charge on any atom is 0.410 e. The summed E-state index contributed by atoms with van der Waals surface area (Å²) in [6, 6.07) is 1.30. The number of hydrogen-bond donors (Lipinski definition) is 0. The fourth-order valence-electron chi connectivity index (χ4n) is 4.49. The highest BCUT2D eigenvalue weighted by Gasteiger charge is 2.48. The quantitative estimate of drug-likeness (QED) is 0.705. The Hall–Kier alpha value is -1.34. The van der Waals surface area contributed by atoms with E-state index in [-0.39, 0.29) is 18.1 Å². The molecule has 0 spiro atoms. The summed E-state index contributed by atoms with van der Waals surface area (Å²) in [6.45, 7) is 12.0. The van der Waals surface area contributed by atoms with E-state index in [1.54, 1.807) is 0 Å². The Bertz CT molecular complexity index is 525. The van der Waals surface area contributed by atoms with Gasteiger partial charge in [0.1, 0.15) is 5.60 Å². The van der Waals surface area contributed by atoms with Crippen LogP contribution in [-0.2, 0) is 14.3 Å². The molecule has 3 heterocycles. The van der Waals surface area contributed by atoms with Crippen LogP contribution in [-0.4, -0.2) is 89.8 Å². The third-order valence-electron chi connectivity index (χ3n) is 5.60. The van der Waals surface area contributed by atoms with Crippen molar-refractivity contribution in [3.05, 3.63) is 0 Å². The number of piperazine rings is 1. The number of esters is 1. The van der Waals surface area contributed by atoms with Crippen LogP contribution in [0.25, 0.3) is 0 Å². The van der Waals surface area contributed by atoms with Gasteiger partial charge in [0, 0.05) is 44.3 Å². The van der Waals surface area contributed by atoms with Gasteiger partial charge in [-0.3, -0.25) is 14.6 Å². The molecule has 2 atom stereocenters. The molecule has 1 amide bonds. The molecule has 0 aliphatic carbocycles. The monoisotopic (exact) mass is 367 g/mol. The van der Waals surface area contributed by atoms with Gasteiger partial charge >= 0.3 is 12.1 Å². The largest absolute Gasteiger partial charge is 0.465 e. The van der Waals surface area contributed by atoms with Gasteiger partial charge in [-0.15, -0.1) is 0 Å². The normalized spacial score (nSPS) is 27.8. The van der Waals surface area contributed by atoms with Crippen molar-refractivity contribution in [2.24, 2.45) is 0 Å². The lowest BCUT2D eigenvalue weighted by Gasteiger charge is -2.42. The number of hydrogen-bond acceptors (Lipinski definition) is 6. The second kappa shape index (κ2) is 7.72. The molecule has 0 N–H and O–H groups in total. The SMILES string of the molecule is CCOC(=O)CN1CCC(N2C[C@@H]3C[C@H]2CN3C(=O)OC(C)(C)C)CC1. The maximum atomic E-state index is 12.4. The van der Waals surface area contributed by atoms with Crippen molar-refractivity contribution in [2.45, 2.75) is 70.7 Å². The summed E-state index contributed by atoms with van der Waals surface area (Å²) in [4.78, 5) is 30.7. The Morgan fingerprint density at radius 1 is 1.04 bits per heavy atom. The van der Waals surface area contributed by atoms with Gasteiger partial charge in [-0.25, -0.2) is 4.79 Å². The standard InChI is InChI=1S/C19H33N3O4/c1-5-25-17(23)13-20-8-6-14(7-9-20)21-11-16-10-15(21)12-22(16)18(24)26-19(2,3)4/h14-16H,5-13H2,1-4H3/t15-,16-/m0/s1. The lowest BCUT2D eigenvalue weighted by Crippen LogP contribution is -2.55. The van der Waals surface area contributed by atoms with Crippen LogP contribution in [0.3, 0.4) is 0 Å². The number of ether oxygens (including phenoxy) is 2. The maximum absolute atomic E-state index is 12.4. The van der Waals surface area contributed by atoms with Crippen molar-refractivity contribution in [1.82, 2.24) is 14.7 Å². The molecule has 3 aliphatic heterocycles. The highest BCUT2D eigenvalue weighted by Crippen LogP contribution is 2.35. The van der Waals surface area contributed by atoms with E-state index in [9.17, 15) is 9.59 Å². The number of rotatable bonds is 4. The van der Waals surface area contributed by atoms with Crippen LogP contribution >= 0.6 is 0 Å². The van der Waals surface area contributed by atoms with Crippen molar-refractivity contribution in [3.8, 4) is 0 Å². The summed E-state index contributed by atoms with van der Waals surface area (Å²) >= 11 is 0. The topological polar surface area (TPSA) is 62.3 Å². The molecule has 148 valence electrons. The molecular formula is C19H33N3O4. The molecule has 7 nitrogen and oxygen atoms in total. The number of fused-ring (bicyclic) bond motifs is 2. The molecule has 0 unspecified atom stereocenters. The summed E-state index contributed by atoms with van der Waals surface area (Å²) in [5.74, 6) is -0.126. The van der Waals surface area contributed by atoms with E-state index in [1.165, 1.54) is 0 Å². The third-order valence-corrected chi connectivity index (χ3v) is 5.60. The van der Waals surface area contributed by atoms with Crippen LogP contribution in [0.4, 0.5) is 4.79 Å². The lowest BCUT2D eigenvalue weighted by molar-refractivity contribution is -0.144. The summed E-state index contributed by atoms with van der Waals surface area (Å²) < 4.78 is 10.6. The minimum Gasteiger partial charge on any atom is -0.465 e. The number of likely N-dealkylation sites (tertiary alicyclic amines) is 3. The molecule has 3 aliphatic rings. The van der Waals surface area contributed by atoms with Crippen LogP contribution in [0.1, 0.15) is 47.0 Å². The molecule has 7 heteroatoms. The van der Waals surface area contributed by atoms with Crippen molar-refractivity contribution in [3.63, 3.8) is 0 Å². The first-order valence-corrected chi connectivity index (χ1v) is 9.90. The molecule has 26 heavy (non-hydrogen) atoms. The Balaban J connectivity index is 1.45. The van der Waals surface area contributed by atoms with Gasteiger partial charge < -0.3 is 14.4 Å². The van der Waals surface area contributed by atoms with E-state index in [1.807, 2.05) is 32.6 Å². The summed E-state index contributed by atoms with van der Waals surface area (Å²) in [5.41, 5.74) is -0.440. The van der Waals surface area contributed by atoms with E-state index in [0.717, 1.165) is 45.4 Å². The number of carbonyl (C=O) groups is 2. The van der Waals surface area contributed by atoms with Crippen LogP contribution in [0.15, 0.2) is 0 Å². The molecule has 0 saturated carbocycles. The Morgan fingerprint density at radius 3 is 2.27 bits per heavy atom. The number of piperidine rings is 1. The van der Waals surface area contributed by atoms with Gasteiger partial charge in [-0.05, 0) is 47.0 Å². The average molecular weight is 367 g/mol. The fourth-order valence-corrected chi connectivity index (χ4v) is 4.49. The second-order valence-electron chi connectivity index (χ2n) is 8.69. The zero-order valence-corrected chi connectivity index (χ0v) is 16.6. The van der Waals surface area contributed by atoms with Crippen molar-refractivity contribution in [2.75, 3.05) is 39.3 Å². The molecule has 3 fully saturated rings. The van der Waals surface area contributed by atoms with Gasteiger partial charge in [0.05, 0.1) is 13.2 Å². The van der Waals surface area contributed by atoms with Crippen molar-refractivity contribution < 1.29 is 19.1 Å². The summed E-state index contributed by atoms with van der Waals surface area (Å²) in [6.07, 6.45) is 3.04. The highest BCUT2D eigenvalue weighted by molar-refractivity contribution is 5.71. The average Bonchev–Trinajstić information content (AvgIpc) is 3.14. The van der Waals surface area contributed by atoms with Gasteiger partial charge in [0.2, 0.25) is 0 Å². The van der Waals surface area contributed by atoms with E-state index >= 15 is 0 Å². The number of nitrogens with zero attached hydrogens (tertiary/aromatic N) is 3. The zero-order valence-electron chi connectivity index (χ0n) is 16.6. The van der Waals surface area contributed by atoms with Gasteiger partial charge in [0.15, 0.2) is 0 Å². The second-order valence-corrected chi connectivity index (χ2v) is 8.69. The molecule has 3 rings (SSSR count). The molecule has 0 aromatic carbocycles. The summed E-state index contributed by atoms with van der Waals surface area (Å²) in [7, 11) is 0. The third kappa shape index (κ3) is 4.49. The van der Waals surface area contributed by atoms with Crippen molar-refractivity contribution >= 4 is 12.1 Å². The lowest BCUT2D eigenvalue weighted by atomic mass is 10.0. The molecule has 0 radical (unpaired) electrons. The zero-order chi connectivity index (χ0) is 18.9. The Labute approximate surface area is 156 Å². The predicted octanol–water partition coefficient (Wildman–Crippen LogP) is 1.71. The van der Waals surface area contributed by atoms with E-state index in [2.05, 4.69) is 9.80 Å². The first kappa shape index (κ1) is 19.4.